The number of hydrogen-bond donors (Lipinski definition) is 1. The quantitative estimate of drug-likeness (QED) is 0.814. The fraction of sp³-hybridized carbons (Fsp3) is 0.647. The van der Waals surface area contributed by atoms with Gasteiger partial charge < -0.3 is 5.11 Å². The van der Waals surface area contributed by atoms with E-state index >= 15 is 0 Å². The summed E-state index contributed by atoms with van der Waals surface area (Å²) in [6, 6.07) is 8.53. The molecule has 0 aliphatic heterocycles. The second-order valence-electron chi connectivity index (χ2n) is 6.81. The summed E-state index contributed by atoms with van der Waals surface area (Å²) in [4.78, 5) is 0. The number of aliphatic hydroxyl groups excluding tert-OH is 1. The van der Waals surface area contributed by atoms with Crippen LogP contribution >= 0.6 is 0 Å². The van der Waals surface area contributed by atoms with E-state index in [-0.39, 0.29) is 6.61 Å². The molecule has 0 aromatic heterocycles. The zero-order valence-electron chi connectivity index (χ0n) is 11.9. The topological polar surface area (TPSA) is 20.2 Å². The van der Waals surface area contributed by atoms with Gasteiger partial charge in [0.1, 0.15) is 0 Å². The Kier molecular flexibility index (Phi) is 4.11. The maximum atomic E-state index is 9.06. The third kappa shape index (κ3) is 3.14. The predicted molar refractivity (Wildman–Crippen MR) is 76.5 cm³/mol. The molecule has 1 aliphatic rings. The minimum atomic E-state index is 0.150. The van der Waals surface area contributed by atoms with Crippen molar-refractivity contribution in [3.05, 3.63) is 35.4 Å². The van der Waals surface area contributed by atoms with Crippen molar-refractivity contribution < 1.29 is 5.11 Å². The average Bonchev–Trinajstić information content (AvgIpc) is 2.38. The Morgan fingerprint density at radius 1 is 1.00 bits per heavy atom. The molecule has 18 heavy (non-hydrogen) atoms. The van der Waals surface area contributed by atoms with E-state index in [2.05, 4.69) is 45.0 Å². The molecule has 0 saturated heterocycles. The van der Waals surface area contributed by atoms with Gasteiger partial charge in [0.15, 0.2) is 0 Å². The van der Waals surface area contributed by atoms with Gasteiger partial charge in [-0.3, -0.25) is 0 Å². The molecule has 0 bridgehead atoms. The van der Waals surface area contributed by atoms with Gasteiger partial charge in [0.05, 0.1) is 6.61 Å². The van der Waals surface area contributed by atoms with Gasteiger partial charge in [0.25, 0.3) is 0 Å². The average molecular weight is 246 g/mol. The molecule has 0 radical (unpaired) electrons. The van der Waals surface area contributed by atoms with Crippen molar-refractivity contribution in [2.75, 3.05) is 0 Å². The maximum absolute atomic E-state index is 9.06. The third-order valence-corrected chi connectivity index (χ3v) is 4.59. The van der Waals surface area contributed by atoms with E-state index in [9.17, 15) is 0 Å². The van der Waals surface area contributed by atoms with Crippen LogP contribution in [0.5, 0.6) is 0 Å². The van der Waals surface area contributed by atoms with E-state index < -0.39 is 0 Å². The summed E-state index contributed by atoms with van der Waals surface area (Å²) in [5.41, 5.74) is 2.94. The number of rotatable bonds is 2. The first-order valence-electron chi connectivity index (χ1n) is 7.20. The van der Waals surface area contributed by atoms with E-state index in [1.54, 1.807) is 0 Å². The molecule has 2 rings (SSSR count). The van der Waals surface area contributed by atoms with E-state index in [4.69, 9.17) is 5.11 Å². The van der Waals surface area contributed by atoms with Crippen molar-refractivity contribution in [3.8, 4) is 0 Å². The Morgan fingerprint density at radius 3 is 2.00 bits per heavy atom. The normalized spacial score (nSPS) is 25.1. The monoisotopic (exact) mass is 246 g/mol. The fourth-order valence-corrected chi connectivity index (χ4v) is 3.19. The van der Waals surface area contributed by atoms with Gasteiger partial charge in [-0.2, -0.15) is 0 Å². The van der Waals surface area contributed by atoms with E-state index in [0.29, 0.717) is 5.41 Å². The van der Waals surface area contributed by atoms with Crippen LogP contribution in [0.4, 0.5) is 0 Å². The molecule has 1 heteroatoms. The molecule has 0 amide bonds. The first-order valence-corrected chi connectivity index (χ1v) is 7.20. The van der Waals surface area contributed by atoms with Crippen LogP contribution < -0.4 is 0 Å². The van der Waals surface area contributed by atoms with Crippen molar-refractivity contribution in [1.29, 1.82) is 0 Å². The Bertz CT molecular complexity index is 364. The standard InChI is InChI=1S/C17H26O/c1-17(2,3)16-10-8-15(9-11-16)14-6-4-13(12-18)5-7-14/h4-7,15-16,18H,8-12H2,1-3H3. The van der Waals surface area contributed by atoms with Crippen LogP contribution in [0.2, 0.25) is 0 Å². The van der Waals surface area contributed by atoms with Gasteiger partial charge in [-0.05, 0) is 54.1 Å². The molecule has 1 aliphatic carbocycles. The molecule has 0 spiro atoms. The Hall–Kier alpha value is -0.820. The molecule has 1 N–H and O–H groups in total. The Labute approximate surface area is 111 Å². The van der Waals surface area contributed by atoms with E-state index in [0.717, 1.165) is 17.4 Å². The van der Waals surface area contributed by atoms with Crippen LogP contribution in [0, 0.1) is 11.3 Å². The van der Waals surface area contributed by atoms with Crippen LogP contribution in [0.1, 0.15) is 63.5 Å². The van der Waals surface area contributed by atoms with Crippen LogP contribution in [0.25, 0.3) is 0 Å². The summed E-state index contributed by atoms with van der Waals surface area (Å²) < 4.78 is 0. The van der Waals surface area contributed by atoms with Crippen LogP contribution in [-0.4, -0.2) is 5.11 Å². The number of hydrogen-bond acceptors (Lipinski definition) is 1. The maximum Gasteiger partial charge on any atom is 0.0681 e. The summed E-state index contributed by atoms with van der Waals surface area (Å²) in [6.45, 7) is 7.26. The predicted octanol–water partition coefficient (Wildman–Crippen LogP) is 4.50. The van der Waals surface area contributed by atoms with Gasteiger partial charge in [0, 0.05) is 0 Å². The minimum absolute atomic E-state index is 0.150. The van der Waals surface area contributed by atoms with Gasteiger partial charge in [-0.25, -0.2) is 0 Å². The molecule has 0 heterocycles. The molecule has 100 valence electrons. The largest absolute Gasteiger partial charge is 0.392 e. The smallest absolute Gasteiger partial charge is 0.0681 e. The van der Waals surface area contributed by atoms with Crippen molar-refractivity contribution in [2.24, 2.45) is 11.3 Å². The summed E-state index contributed by atoms with van der Waals surface area (Å²) in [5.74, 6) is 1.61. The number of benzene rings is 1. The molecular formula is C17H26O. The van der Waals surface area contributed by atoms with Crippen molar-refractivity contribution >= 4 is 0 Å². The van der Waals surface area contributed by atoms with Gasteiger partial charge in [-0.15, -0.1) is 0 Å². The van der Waals surface area contributed by atoms with Crippen LogP contribution in [0.3, 0.4) is 0 Å². The zero-order chi connectivity index (χ0) is 13.2. The number of aliphatic hydroxyl groups is 1. The van der Waals surface area contributed by atoms with Crippen LogP contribution in [-0.2, 0) is 6.61 Å². The molecule has 1 saturated carbocycles. The lowest BCUT2D eigenvalue weighted by Gasteiger charge is -2.37. The molecule has 0 atom stereocenters. The molecule has 1 nitrogen and oxygen atoms in total. The molecule has 1 aromatic rings. The van der Waals surface area contributed by atoms with E-state index in [1.165, 1.54) is 31.2 Å². The highest BCUT2D eigenvalue weighted by atomic mass is 16.3. The Balaban J connectivity index is 1.96. The van der Waals surface area contributed by atoms with E-state index in [1.807, 2.05) is 0 Å². The zero-order valence-corrected chi connectivity index (χ0v) is 11.9. The van der Waals surface area contributed by atoms with Gasteiger partial charge >= 0.3 is 0 Å². The van der Waals surface area contributed by atoms with Crippen molar-refractivity contribution in [3.63, 3.8) is 0 Å². The highest BCUT2D eigenvalue weighted by molar-refractivity contribution is 5.25. The second-order valence-corrected chi connectivity index (χ2v) is 6.81. The van der Waals surface area contributed by atoms with Gasteiger partial charge in [-0.1, -0.05) is 45.0 Å². The fourth-order valence-electron chi connectivity index (χ4n) is 3.19. The van der Waals surface area contributed by atoms with Crippen LogP contribution in [0.15, 0.2) is 24.3 Å². The first-order chi connectivity index (χ1) is 8.50. The summed E-state index contributed by atoms with van der Waals surface area (Å²) in [5, 5.41) is 9.06. The van der Waals surface area contributed by atoms with Gasteiger partial charge in [0.2, 0.25) is 0 Å². The highest BCUT2D eigenvalue weighted by Crippen LogP contribution is 2.43. The van der Waals surface area contributed by atoms with Crippen molar-refractivity contribution in [2.45, 2.75) is 59.0 Å². The SMILES string of the molecule is CC(C)(C)C1CCC(c2ccc(CO)cc2)CC1. The second kappa shape index (κ2) is 5.44. The highest BCUT2D eigenvalue weighted by Gasteiger charge is 2.29. The third-order valence-electron chi connectivity index (χ3n) is 4.59. The lowest BCUT2D eigenvalue weighted by Crippen LogP contribution is -2.25. The molecule has 1 fully saturated rings. The Morgan fingerprint density at radius 2 is 1.56 bits per heavy atom. The lowest BCUT2D eigenvalue weighted by atomic mass is 9.69. The van der Waals surface area contributed by atoms with Crippen molar-refractivity contribution in [1.82, 2.24) is 0 Å². The summed E-state index contributed by atoms with van der Waals surface area (Å²) >= 11 is 0. The lowest BCUT2D eigenvalue weighted by molar-refractivity contribution is 0.169. The molecule has 0 unspecified atom stereocenters. The molecule has 1 aromatic carbocycles. The summed E-state index contributed by atoms with van der Waals surface area (Å²) in [6.07, 6.45) is 5.35. The first kappa shape index (κ1) is 13.6. The summed E-state index contributed by atoms with van der Waals surface area (Å²) in [7, 11) is 0. The minimum Gasteiger partial charge on any atom is -0.392 e. The molecular weight excluding hydrogens is 220 g/mol.